The maximum absolute atomic E-state index is 12.1. The number of benzene rings is 2. The third kappa shape index (κ3) is 5.18. The highest BCUT2D eigenvalue weighted by Crippen LogP contribution is 2.19. The molecule has 0 unspecified atom stereocenters. The Morgan fingerprint density at radius 3 is 2.46 bits per heavy atom. The molecule has 0 spiro atoms. The van der Waals surface area contributed by atoms with E-state index in [1.54, 1.807) is 19.2 Å². The molecule has 126 valence electrons. The summed E-state index contributed by atoms with van der Waals surface area (Å²) < 4.78 is 5.97. The highest BCUT2D eigenvalue weighted by atomic mass is 79.9. The van der Waals surface area contributed by atoms with Gasteiger partial charge in [0.25, 0.3) is 5.91 Å². The summed E-state index contributed by atoms with van der Waals surface area (Å²) in [5, 5.41) is 5.39. The van der Waals surface area contributed by atoms with Crippen LogP contribution in [0.4, 0.5) is 5.69 Å². The maximum atomic E-state index is 12.1. The largest absolute Gasteiger partial charge is 0.380 e. The van der Waals surface area contributed by atoms with Crippen molar-refractivity contribution in [2.45, 2.75) is 13.5 Å². The minimum atomic E-state index is -0.290. The first-order valence-electron chi connectivity index (χ1n) is 7.41. The number of carbonyl (C=O) groups is 2. The molecule has 0 aromatic heterocycles. The van der Waals surface area contributed by atoms with Gasteiger partial charge in [0.1, 0.15) is 0 Å². The average molecular weight is 391 g/mol. The number of halogens is 1. The SMILES string of the molecule is COCc1ccc(C(=O)NCC(=O)Nc2ccc(Br)cc2C)cc1. The van der Waals surface area contributed by atoms with Crippen molar-refractivity contribution in [1.29, 1.82) is 0 Å². The van der Waals surface area contributed by atoms with Crippen molar-refractivity contribution in [2.75, 3.05) is 19.0 Å². The number of nitrogens with one attached hydrogen (secondary N) is 2. The highest BCUT2D eigenvalue weighted by Gasteiger charge is 2.09. The molecule has 0 saturated heterocycles. The van der Waals surface area contributed by atoms with Crippen LogP contribution in [0.5, 0.6) is 0 Å². The third-order valence-corrected chi connectivity index (χ3v) is 3.89. The van der Waals surface area contributed by atoms with Gasteiger partial charge in [0, 0.05) is 22.8 Å². The van der Waals surface area contributed by atoms with Crippen molar-refractivity contribution in [1.82, 2.24) is 5.32 Å². The molecule has 0 aliphatic heterocycles. The van der Waals surface area contributed by atoms with Gasteiger partial charge in [-0.05, 0) is 48.4 Å². The molecule has 5 nitrogen and oxygen atoms in total. The van der Waals surface area contributed by atoms with E-state index >= 15 is 0 Å². The van der Waals surface area contributed by atoms with Crippen LogP contribution in [-0.4, -0.2) is 25.5 Å². The zero-order valence-corrected chi connectivity index (χ0v) is 15.1. The minimum Gasteiger partial charge on any atom is -0.380 e. The molecule has 0 bridgehead atoms. The van der Waals surface area contributed by atoms with Crippen LogP contribution in [0.3, 0.4) is 0 Å². The van der Waals surface area contributed by atoms with E-state index in [-0.39, 0.29) is 18.4 Å². The summed E-state index contributed by atoms with van der Waals surface area (Å²) in [6.07, 6.45) is 0. The highest BCUT2D eigenvalue weighted by molar-refractivity contribution is 9.10. The van der Waals surface area contributed by atoms with E-state index in [1.165, 1.54) is 0 Å². The first kappa shape index (κ1) is 18.2. The van der Waals surface area contributed by atoms with Crippen molar-refractivity contribution < 1.29 is 14.3 Å². The predicted molar refractivity (Wildman–Crippen MR) is 97.0 cm³/mol. The summed E-state index contributed by atoms with van der Waals surface area (Å²) in [6.45, 7) is 2.31. The van der Waals surface area contributed by atoms with Crippen LogP contribution in [0.2, 0.25) is 0 Å². The van der Waals surface area contributed by atoms with Crippen LogP contribution in [0.1, 0.15) is 21.5 Å². The van der Waals surface area contributed by atoms with Crippen molar-refractivity contribution in [3.63, 3.8) is 0 Å². The predicted octanol–water partition coefficient (Wildman–Crippen LogP) is 3.27. The Hall–Kier alpha value is -2.18. The fourth-order valence-corrected chi connectivity index (χ4v) is 2.62. The Balaban J connectivity index is 1.87. The second-order valence-electron chi connectivity index (χ2n) is 5.32. The molecule has 2 aromatic carbocycles. The van der Waals surface area contributed by atoms with Gasteiger partial charge in [-0.1, -0.05) is 28.1 Å². The lowest BCUT2D eigenvalue weighted by atomic mass is 10.1. The number of ether oxygens (including phenoxy) is 1. The average Bonchev–Trinajstić information content (AvgIpc) is 2.56. The normalized spacial score (nSPS) is 10.3. The van der Waals surface area contributed by atoms with Gasteiger partial charge in [0.05, 0.1) is 13.2 Å². The van der Waals surface area contributed by atoms with Gasteiger partial charge < -0.3 is 15.4 Å². The lowest BCUT2D eigenvalue weighted by molar-refractivity contribution is -0.115. The number of methoxy groups -OCH3 is 1. The summed E-state index contributed by atoms with van der Waals surface area (Å²) in [4.78, 5) is 24.0. The van der Waals surface area contributed by atoms with Crippen LogP contribution < -0.4 is 10.6 Å². The van der Waals surface area contributed by atoms with E-state index in [9.17, 15) is 9.59 Å². The summed E-state index contributed by atoms with van der Waals surface area (Å²) in [6, 6.07) is 12.6. The van der Waals surface area contributed by atoms with Crippen molar-refractivity contribution in [3.8, 4) is 0 Å². The van der Waals surface area contributed by atoms with Crippen molar-refractivity contribution in [2.24, 2.45) is 0 Å². The Morgan fingerprint density at radius 2 is 1.83 bits per heavy atom. The Bertz CT molecular complexity index is 730. The zero-order chi connectivity index (χ0) is 17.5. The second kappa shape index (κ2) is 8.61. The molecule has 0 heterocycles. The number of amides is 2. The lowest BCUT2D eigenvalue weighted by Crippen LogP contribution is -2.33. The van der Waals surface area contributed by atoms with Gasteiger partial charge in [-0.15, -0.1) is 0 Å². The summed E-state index contributed by atoms with van der Waals surface area (Å²) >= 11 is 3.38. The fraction of sp³-hybridized carbons (Fsp3) is 0.222. The van der Waals surface area contributed by atoms with Crippen molar-refractivity contribution in [3.05, 3.63) is 63.6 Å². The van der Waals surface area contributed by atoms with E-state index in [0.717, 1.165) is 21.3 Å². The van der Waals surface area contributed by atoms with Crippen LogP contribution in [0.25, 0.3) is 0 Å². The molecule has 0 saturated carbocycles. The quantitative estimate of drug-likeness (QED) is 0.794. The number of aryl methyl sites for hydroxylation is 1. The molecular formula is C18H19BrN2O3. The zero-order valence-electron chi connectivity index (χ0n) is 13.6. The van der Waals surface area contributed by atoms with Gasteiger partial charge >= 0.3 is 0 Å². The molecule has 0 aliphatic carbocycles. The fourth-order valence-electron chi connectivity index (χ4n) is 2.14. The molecular weight excluding hydrogens is 372 g/mol. The Kier molecular flexibility index (Phi) is 6.52. The molecule has 0 fully saturated rings. The number of hydrogen-bond donors (Lipinski definition) is 2. The van der Waals surface area contributed by atoms with Gasteiger partial charge in [0.15, 0.2) is 0 Å². The molecule has 2 amide bonds. The molecule has 2 aromatic rings. The smallest absolute Gasteiger partial charge is 0.251 e. The maximum Gasteiger partial charge on any atom is 0.251 e. The summed E-state index contributed by atoms with van der Waals surface area (Å²) in [7, 11) is 1.62. The van der Waals surface area contributed by atoms with Gasteiger partial charge in [-0.2, -0.15) is 0 Å². The van der Waals surface area contributed by atoms with Crippen LogP contribution in [-0.2, 0) is 16.1 Å². The lowest BCUT2D eigenvalue weighted by Gasteiger charge is -2.10. The molecule has 2 rings (SSSR count). The minimum absolute atomic E-state index is 0.0891. The molecule has 24 heavy (non-hydrogen) atoms. The Labute approximate surface area is 149 Å². The third-order valence-electron chi connectivity index (χ3n) is 3.40. The number of carbonyl (C=O) groups excluding carboxylic acids is 2. The Morgan fingerprint density at radius 1 is 1.12 bits per heavy atom. The number of anilines is 1. The first-order valence-corrected chi connectivity index (χ1v) is 8.21. The van der Waals surface area contributed by atoms with E-state index in [0.29, 0.717) is 12.2 Å². The molecule has 0 aliphatic rings. The molecule has 2 N–H and O–H groups in total. The van der Waals surface area contributed by atoms with Gasteiger partial charge in [-0.25, -0.2) is 0 Å². The monoisotopic (exact) mass is 390 g/mol. The van der Waals surface area contributed by atoms with E-state index < -0.39 is 0 Å². The van der Waals surface area contributed by atoms with Crippen LogP contribution >= 0.6 is 15.9 Å². The molecule has 0 atom stereocenters. The summed E-state index contributed by atoms with van der Waals surface area (Å²) in [5.41, 5.74) is 3.15. The number of rotatable bonds is 6. The van der Waals surface area contributed by atoms with Gasteiger partial charge in [0.2, 0.25) is 5.91 Å². The molecule has 0 radical (unpaired) electrons. The standard InChI is InChI=1S/C18H19BrN2O3/c1-12-9-15(19)7-8-16(12)21-17(22)10-20-18(23)14-5-3-13(4-6-14)11-24-2/h3-9H,10-11H2,1-2H3,(H,20,23)(H,21,22). The van der Waals surface area contributed by atoms with Crippen molar-refractivity contribution >= 4 is 33.4 Å². The van der Waals surface area contributed by atoms with E-state index in [1.807, 2.05) is 37.3 Å². The van der Waals surface area contributed by atoms with Crippen LogP contribution in [0, 0.1) is 6.92 Å². The topological polar surface area (TPSA) is 67.4 Å². The van der Waals surface area contributed by atoms with E-state index in [4.69, 9.17) is 4.74 Å². The van der Waals surface area contributed by atoms with Crippen LogP contribution in [0.15, 0.2) is 46.9 Å². The van der Waals surface area contributed by atoms with E-state index in [2.05, 4.69) is 26.6 Å². The molecule has 6 heteroatoms. The number of hydrogen-bond acceptors (Lipinski definition) is 3. The summed E-state index contributed by atoms with van der Waals surface area (Å²) in [5.74, 6) is -0.563. The van der Waals surface area contributed by atoms with Gasteiger partial charge in [-0.3, -0.25) is 9.59 Å². The second-order valence-corrected chi connectivity index (χ2v) is 6.24. The first-order chi connectivity index (χ1) is 11.5.